The Bertz CT molecular complexity index is 416. The van der Waals surface area contributed by atoms with Gasteiger partial charge in [0.05, 0.1) is 5.88 Å². The predicted molar refractivity (Wildman–Crippen MR) is 92.8 cm³/mol. The van der Waals surface area contributed by atoms with Crippen LogP contribution in [0.3, 0.4) is 0 Å². The van der Waals surface area contributed by atoms with Gasteiger partial charge >= 0.3 is 0 Å². The van der Waals surface area contributed by atoms with Crippen LogP contribution in [0.25, 0.3) is 0 Å². The number of amides is 2. The lowest BCUT2D eigenvalue weighted by atomic mass is 9.91. The van der Waals surface area contributed by atoms with Crippen molar-refractivity contribution < 1.29 is 9.59 Å². The lowest BCUT2D eigenvalue weighted by Gasteiger charge is -2.33. The van der Waals surface area contributed by atoms with Crippen LogP contribution in [-0.4, -0.2) is 65.5 Å². The first kappa shape index (κ1) is 19.3. The van der Waals surface area contributed by atoms with Crippen molar-refractivity contribution in [3.63, 3.8) is 0 Å². The number of nitrogens with zero attached hydrogens (tertiary/aromatic N) is 2. The minimum Gasteiger partial charge on any atom is -0.352 e. The summed E-state index contributed by atoms with van der Waals surface area (Å²) in [6.07, 6.45) is 0.473. The molecule has 128 valence electrons. The summed E-state index contributed by atoms with van der Waals surface area (Å²) in [4.78, 5) is 28.7. The average molecular weight is 330 g/mol. The van der Waals surface area contributed by atoms with Crippen molar-refractivity contribution in [3.05, 3.63) is 0 Å². The smallest absolute Gasteiger partial charge is 0.243 e. The lowest BCUT2D eigenvalue weighted by Crippen LogP contribution is -2.53. The summed E-state index contributed by atoms with van der Waals surface area (Å²) in [6.45, 7) is 10.9. The summed E-state index contributed by atoms with van der Waals surface area (Å²) in [5.41, 5.74) is -0.167. The van der Waals surface area contributed by atoms with Crippen LogP contribution < -0.4 is 5.32 Å². The van der Waals surface area contributed by atoms with Gasteiger partial charge in [0.1, 0.15) is 6.04 Å². The fourth-order valence-corrected chi connectivity index (χ4v) is 3.22. The molecule has 1 atom stereocenters. The molecule has 1 fully saturated rings. The molecular formula is C16H31N3O2S. The fraction of sp³-hybridized carbons (Fsp3) is 0.875. The molecule has 5 nitrogen and oxygen atoms in total. The van der Waals surface area contributed by atoms with Crippen LogP contribution >= 0.6 is 11.8 Å². The molecule has 0 aromatic carbocycles. The Morgan fingerprint density at radius 3 is 2.32 bits per heavy atom. The van der Waals surface area contributed by atoms with E-state index in [1.54, 1.807) is 16.7 Å². The highest BCUT2D eigenvalue weighted by atomic mass is 32.2. The van der Waals surface area contributed by atoms with Gasteiger partial charge in [0.2, 0.25) is 11.8 Å². The van der Waals surface area contributed by atoms with Crippen molar-refractivity contribution in [2.45, 2.75) is 52.6 Å². The zero-order valence-corrected chi connectivity index (χ0v) is 15.8. The van der Waals surface area contributed by atoms with Crippen LogP contribution in [0, 0.1) is 5.41 Å². The molecule has 22 heavy (non-hydrogen) atoms. The van der Waals surface area contributed by atoms with Crippen molar-refractivity contribution in [2.24, 2.45) is 5.41 Å². The number of carbonyl (C=O) groups is 2. The molecule has 0 aliphatic carbocycles. The maximum absolute atomic E-state index is 12.5. The molecular weight excluding hydrogens is 298 g/mol. The lowest BCUT2D eigenvalue weighted by molar-refractivity contribution is -0.139. The van der Waals surface area contributed by atoms with Gasteiger partial charge in [0.25, 0.3) is 0 Å². The standard InChI is InChI=1S/C16H31N3O2S/c1-15(2,3)8-13(20)19-11-22-9-12(19)14(21)17-10-16(4,5)18(6)7/h12H,8-11H2,1-7H3,(H,17,21). The molecule has 1 unspecified atom stereocenters. The molecule has 2 amide bonds. The maximum Gasteiger partial charge on any atom is 0.243 e. The monoisotopic (exact) mass is 329 g/mol. The topological polar surface area (TPSA) is 52.7 Å². The van der Waals surface area contributed by atoms with Gasteiger partial charge in [0, 0.05) is 24.3 Å². The van der Waals surface area contributed by atoms with E-state index in [1.165, 1.54) is 0 Å². The van der Waals surface area contributed by atoms with Crippen LogP contribution in [0.2, 0.25) is 0 Å². The minimum atomic E-state index is -0.335. The molecule has 1 aliphatic rings. The summed E-state index contributed by atoms with van der Waals surface area (Å²) >= 11 is 1.65. The van der Waals surface area contributed by atoms with Gasteiger partial charge in [-0.25, -0.2) is 0 Å². The van der Waals surface area contributed by atoms with Crippen LogP contribution in [0.5, 0.6) is 0 Å². The highest BCUT2D eigenvalue weighted by Crippen LogP contribution is 2.26. The second-order valence-corrected chi connectivity index (χ2v) is 9.04. The van der Waals surface area contributed by atoms with Crippen LogP contribution in [0.1, 0.15) is 41.0 Å². The van der Waals surface area contributed by atoms with Crippen LogP contribution in [-0.2, 0) is 9.59 Å². The van der Waals surface area contributed by atoms with E-state index in [0.29, 0.717) is 24.6 Å². The summed E-state index contributed by atoms with van der Waals surface area (Å²) in [5.74, 6) is 1.33. The number of thioether (sulfide) groups is 1. The van der Waals surface area contributed by atoms with Gasteiger partial charge in [-0.1, -0.05) is 20.8 Å². The Morgan fingerprint density at radius 2 is 1.82 bits per heavy atom. The molecule has 0 spiro atoms. The minimum absolute atomic E-state index is 0.0396. The summed E-state index contributed by atoms with van der Waals surface area (Å²) < 4.78 is 0. The van der Waals surface area contributed by atoms with Crippen molar-refractivity contribution in [1.82, 2.24) is 15.1 Å². The van der Waals surface area contributed by atoms with E-state index < -0.39 is 0 Å². The third kappa shape index (κ3) is 5.47. The highest BCUT2D eigenvalue weighted by Gasteiger charge is 2.36. The summed E-state index contributed by atoms with van der Waals surface area (Å²) in [6, 6.07) is -0.335. The molecule has 1 heterocycles. The van der Waals surface area contributed by atoms with E-state index in [9.17, 15) is 9.59 Å². The molecule has 0 aromatic rings. The number of carbonyl (C=O) groups excluding carboxylic acids is 2. The predicted octanol–water partition coefficient (Wildman–Crippen LogP) is 1.78. The quantitative estimate of drug-likeness (QED) is 0.835. The third-order valence-electron chi connectivity index (χ3n) is 4.09. The molecule has 1 N–H and O–H groups in total. The zero-order chi connectivity index (χ0) is 17.1. The van der Waals surface area contributed by atoms with Gasteiger partial charge in [0.15, 0.2) is 0 Å². The normalized spacial score (nSPS) is 19.6. The number of likely N-dealkylation sites (N-methyl/N-ethyl adjacent to an activating group) is 1. The van der Waals surface area contributed by atoms with E-state index in [4.69, 9.17) is 0 Å². The van der Waals surface area contributed by atoms with E-state index >= 15 is 0 Å². The number of hydrogen-bond donors (Lipinski definition) is 1. The Kier molecular flexibility index (Phi) is 6.33. The second-order valence-electron chi connectivity index (χ2n) is 8.04. The summed E-state index contributed by atoms with van der Waals surface area (Å²) in [5, 5.41) is 3.01. The van der Waals surface area contributed by atoms with Crippen molar-refractivity contribution in [1.29, 1.82) is 0 Å². The summed E-state index contributed by atoms with van der Waals surface area (Å²) in [7, 11) is 3.99. The van der Waals surface area contributed by atoms with Crippen molar-refractivity contribution in [2.75, 3.05) is 32.3 Å². The Balaban J connectivity index is 2.63. The first-order chi connectivity index (χ1) is 9.94. The average Bonchev–Trinajstić information content (AvgIpc) is 2.83. The van der Waals surface area contributed by atoms with Gasteiger partial charge in [-0.3, -0.25) is 9.59 Å². The van der Waals surface area contributed by atoms with Gasteiger partial charge < -0.3 is 15.1 Å². The van der Waals surface area contributed by atoms with Crippen LogP contribution in [0.4, 0.5) is 0 Å². The Labute approximate surface area is 139 Å². The molecule has 1 rings (SSSR count). The molecule has 1 aliphatic heterocycles. The van der Waals surface area contributed by atoms with E-state index in [0.717, 1.165) is 0 Å². The largest absolute Gasteiger partial charge is 0.352 e. The van der Waals surface area contributed by atoms with Gasteiger partial charge in [-0.05, 0) is 33.4 Å². The maximum atomic E-state index is 12.5. The number of hydrogen-bond acceptors (Lipinski definition) is 4. The molecule has 0 radical (unpaired) electrons. The third-order valence-corrected chi connectivity index (χ3v) is 5.10. The number of nitrogens with one attached hydrogen (secondary N) is 1. The molecule has 0 bridgehead atoms. The van der Waals surface area contributed by atoms with Crippen molar-refractivity contribution in [3.8, 4) is 0 Å². The second kappa shape index (κ2) is 7.21. The molecule has 1 saturated heterocycles. The fourth-order valence-electron chi connectivity index (χ4n) is 2.04. The Morgan fingerprint density at radius 1 is 1.23 bits per heavy atom. The van der Waals surface area contributed by atoms with Gasteiger partial charge in [-0.2, -0.15) is 0 Å². The van der Waals surface area contributed by atoms with E-state index in [-0.39, 0.29) is 28.8 Å². The molecule has 0 aromatic heterocycles. The van der Waals surface area contributed by atoms with Crippen LogP contribution in [0.15, 0.2) is 0 Å². The molecule has 6 heteroatoms. The highest BCUT2D eigenvalue weighted by molar-refractivity contribution is 7.99. The SMILES string of the molecule is CN(C)C(C)(C)CNC(=O)C1CSCN1C(=O)CC(C)(C)C. The molecule has 0 saturated carbocycles. The number of rotatable bonds is 5. The first-order valence-corrected chi connectivity index (χ1v) is 8.92. The van der Waals surface area contributed by atoms with E-state index in [2.05, 4.69) is 24.1 Å². The van der Waals surface area contributed by atoms with Gasteiger partial charge in [-0.15, -0.1) is 11.8 Å². The van der Waals surface area contributed by atoms with E-state index in [1.807, 2.05) is 34.9 Å². The first-order valence-electron chi connectivity index (χ1n) is 7.76. The Hall–Kier alpha value is -0.750. The van der Waals surface area contributed by atoms with Crippen molar-refractivity contribution >= 4 is 23.6 Å². The zero-order valence-electron chi connectivity index (χ0n) is 15.0.